The van der Waals surface area contributed by atoms with E-state index in [0.29, 0.717) is 11.8 Å². The van der Waals surface area contributed by atoms with Crippen LogP contribution < -0.4 is 0 Å². The van der Waals surface area contributed by atoms with Gasteiger partial charge >= 0.3 is 0 Å². The van der Waals surface area contributed by atoms with Crippen LogP contribution in [0.3, 0.4) is 0 Å². The summed E-state index contributed by atoms with van der Waals surface area (Å²) in [4.78, 5) is 13.0. The zero-order chi connectivity index (χ0) is 20.5. The van der Waals surface area contributed by atoms with Crippen LogP contribution in [0.5, 0.6) is 0 Å². The first kappa shape index (κ1) is 20.0. The maximum atomic E-state index is 6.49. The highest BCUT2D eigenvalue weighted by atomic mass is 16.5. The highest BCUT2D eigenvalue weighted by molar-refractivity contribution is 5.05. The molecule has 4 atom stereocenters. The van der Waals surface area contributed by atoms with E-state index in [1.54, 1.807) is 6.33 Å². The number of hydrogen-bond donors (Lipinski definition) is 0. The van der Waals surface area contributed by atoms with Crippen LogP contribution >= 0.6 is 0 Å². The lowest BCUT2D eigenvalue weighted by Gasteiger charge is -2.37. The van der Waals surface area contributed by atoms with Crippen LogP contribution in [-0.4, -0.2) is 74.7 Å². The minimum Gasteiger partial charge on any atom is -0.376 e. The van der Waals surface area contributed by atoms with Crippen molar-refractivity contribution in [3.63, 3.8) is 0 Å². The number of fused-ring (bicyclic) bond motifs is 1. The smallest absolute Gasteiger partial charge is 0.115 e. The molecule has 0 amide bonds. The number of ether oxygens (including phenoxy) is 1. The Balaban J connectivity index is 1.28. The molecule has 2 aromatic rings. The summed E-state index contributed by atoms with van der Waals surface area (Å²) >= 11 is 0. The largest absolute Gasteiger partial charge is 0.376 e. The molecule has 2 aromatic heterocycles. The van der Waals surface area contributed by atoms with Crippen molar-refractivity contribution in [1.82, 2.24) is 34.8 Å². The van der Waals surface area contributed by atoms with E-state index in [1.807, 2.05) is 12.4 Å². The number of hydrogen-bond acceptors (Lipinski definition) is 7. The molecule has 0 radical (unpaired) electrons. The molecule has 2 aliphatic carbocycles. The van der Waals surface area contributed by atoms with Crippen LogP contribution in [0, 0.1) is 17.8 Å². The van der Waals surface area contributed by atoms with Gasteiger partial charge in [0.25, 0.3) is 0 Å². The Morgan fingerprint density at radius 2 is 1.87 bits per heavy atom. The van der Waals surface area contributed by atoms with E-state index in [-0.39, 0.29) is 12.1 Å². The molecular formula is C22H33N7O. The summed E-state index contributed by atoms with van der Waals surface area (Å²) in [5.41, 5.74) is 2.22. The molecule has 1 saturated heterocycles. The Labute approximate surface area is 178 Å². The van der Waals surface area contributed by atoms with Crippen LogP contribution in [-0.2, 0) is 17.8 Å². The first-order valence-corrected chi connectivity index (χ1v) is 11.3. The quantitative estimate of drug-likeness (QED) is 0.658. The van der Waals surface area contributed by atoms with Gasteiger partial charge in [-0.3, -0.25) is 4.90 Å². The molecule has 3 heterocycles. The van der Waals surface area contributed by atoms with Gasteiger partial charge in [-0.2, -0.15) is 0 Å². The minimum absolute atomic E-state index is 0.237. The van der Waals surface area contributed by atoms with Gasteiger partial charge in [0.15, 0.2) is 0 Å². The predicted molar refractivity (Wildman–Crippen MR) is 112 cm³/mol. The maximum Gasteiger partial charge on any atom is 0.115 e. The van der Waals surface area contributed by atoms with E-state index in [1.165, 1.54) is 18.4 Å². The number of aromatic nitrogens is 5. The van der Waals surface area contributed by atoms with Crippen molar-refractivity contribution >= 4 is 0 Å². The van der Waals surface area contributed by atoms with Gasteiger partial charge in [0.2, 0.25) is 0 Å². The average molecular weight is 412 g/mol. The maximum absolute atomic E-state index is 6.49. The molecule has 30 heavy (non-hydrogen) atoms. The van der Waals surface area contributed by atoms with Gasteiger partial charge in [0.1, 0.15) is 6.33 Å². The van der Waals surface area contributed by atoms with Gasteiger partial charge in [-0.05, 0) is 57.5 Å². The lowest BCUT2D eigenvalue weighted by atomic mass is 9.77. The molecule has 8 heteroatoms. The highest BCUT2D eigenvalue weighted by Gasteiger charge is 2.44. The van der Waals surface area contributed by atoms with Crippen LogP contribution in [0.4, 0.5) is 0 Å². The molecule has 0 unspecified atom stereocenters. The van der Waals surface area contributed by atoms with Crippen molar-refractivity contribution in [1.29, 1.82) is 0 Å². The lowest BCUT2D eigenvalue weighted by molar-refractivity contribution is -0.0375. The van der Waals surface area contributed by atoms with E-state index in [2.05, 4.69) is 55.1 Å². The zero-order valence-corrected chi connectivity index (χ0v) is 18.1. The molecule has 5 rings (SSSR count). The molecule has 1 aliphatic heterocycles. The second kappa shape index (κ2) is 8.69. The normalized spacial score (nSPS) is 29.4. The molecule has 3 aliphatic rings. The fourth-order valence-electron chi connectivity index (χ4n) is 5.16. The molecular weight excluding hydrogens is 378 g/mol. The van der Waals surface area contributed by atoms with Gasteiger partial charge in [-0.1, -0.05) is 5.21 Å². The number of nitrogens with zero attached hydrogens (tertiary/aromatic N) is 7. The third kappa shape index (κ3) is 4.71. The summed E-state index contributed by atoms with van der Waals surface area (Å²) in [5.74, 6) is 2.16. The lowest BCUT2D eigenvalue weighted by Crippen LogP contribution is -2.38. The number of rotatable bonds is 8. The zero-order valence-electron chi connectivity index (χ0n) is 18.1. The second-order valence-corrected chi connectivity index (χ2v) is 9.74. The summed E-state index contributed by atoms with van der Waals surface area (Å²) < 4.78 is 8.59. The fraction of sp³-hybridized carbons (Fsp3) is 0.727. The first-order chi connectivity index (χ1) is 14.6. The van der Waals surface area contributed by atoms with Crippen molar-refractivity contribution in [3.8, 4) is 0 Å². The van der Waals surface area contributed by atoms with E-state index in [0.717, 1.165) is 57.2 Å². The third-order valence-corrected chi connectivity index (χ3v) is 6.80. The molecule has 0 N–H and O–H groups in total. The predicted octanol–water partition coefficient (Wildman–Crippen LogP) is 2.01. The van der Waals surface area contributed by atoms with E-state index >= 15 is 0 Å². The topological polar surface area (TPSA) is 72.2 Å². The van der Waals surface area contributed by atoms with Crippen molar-refractivity contribution in [2.75, 3.05) is 33.8 Å². The standard InChI is InChI=1S/C22H33N7O/c1-27(2)12-20-13-29(26-25-20)21-5-18-10-28(9-17-7-23-15-24-8-17)11-19(18)6-22(21)30-14-16-3-4-16/h7-8,13,15-16,18-19,21-22H,3-6,9-12,14H2,1-2H3/t18-,19+,21-,22-/m1/s1. The Morgan fingerprint density at radius 3 is 2.60 bits per heavy atom. The molecule has 8 nitrogen and oxygen atoms in total. The molecule has 0 aromatic carbocycles. The van der Waals surface area contributed by atoms with E-state index in [4.69, 9.17) is 4.74 Å². The van der Waals surface area contributed by atoms with Crippen LogP contribution in [0.25, 0.3) is 0 Å². The Hall–Kier alpha value is -1.90. The summed E-state index contributed by atoms with van der Waals surface area (Å²) in [5, 5.41) is 8.94. The van der Waals surface area contributed by atoms with Crippen molar-refractivity contribution in [3.05, 3.63) is 36.2 Å². The third-order valence-electron chi connectivity index (χ3n) is 6.80. The summed E-state index contributed by atoms with van der Waals surface area (Å²) in [6.45, 7) is 4.92. The van der Waals surface area contributed by atoms with Crippen molar-refractivity contribution in [2.24, 2.45) is 17.8 Å². The first-order valence-electron chi connectivity index (χ1n) is 11.3. The van der Waals surface area contributed by atoms with Crippen LogP contribution in [0.1, 0.15) is 43.0 Å². The van der Waals surface area contributed by atoms with Gasteiger partial charge in [-0.25, -0.2) is 14.6 Å². The molecule has 0 bridgehead atoms. The van der Waals surface area contributed by atoms with Crippen molar-refractivity contribution < 1.29 is 4.74 Å². The Morgan fingerprint density at radius 1 is 1.10 bits per heavy atom. The Kier molecular flexibility index (Phi) is 5.80. The van der Waals surface area contributed by atoms with E-state index < -0.39 is 0 Å². The SMILES string of the molecule is CN(C)Cc1cn([C@@H]2C[C@@H]3CN(Cc4cncnc4)C[C@@H]3C[C@H]2OCC2CC2)nn1. The monoisotopic (exact) mass is 411 g/mol. The molecule has 3 fully saturated rings. The van der Waals surface area contributed by atoms with E-state index in [9.17, 15) is 0 Å². The fourth-order valence-corrected chi connectivity index (χ4v) is 5.16. The molecule has 0 spiro atoms. The van der Waals surface area contributed by atoms with Gasteiger partial charge in [0, 0.05) is 50.7 Å². The van der Waals surface area contributed by atoms with Gasteiger partial charge in [0.05, 0.1) is 24.0 Å². The molecule has 2 saturated carbocycles. The van der Waals surface area contributed by atoms with Crippen LogP contribution in [0.15, 0.2) is 24.9 Å². The molecule has 162 valence electrons. The van der Waals surface area contributed by atoms with Crippen LogP contribution in [0.2, 0.25) is 0 Å². The summed E-state index contributed by atoms with van der Waals surface area (Å²) in [6.07, 6.45) is 12.7. The Bertz CT molecular complexity index is 822. The van der Waals surface area contributed by atoms with Crippen molar-refractivity contribution in [2.45, 2.75) is 50.9 Å². The highest BCUT2D eigenvalue weighted by Crippen LogP contribution is 2.43. The average Bonchev–Trinajstić information content (AvgIpc) is 3.31. The second-order valence-electron chi connectivity index (χ2n) is 9.74. The van der Waals surface area contributed by atoms with Gasteiger partial charge in [-0.15, -0.1) is 5.10 Å². The summed E-state index contributed by atoms with van der Waals surface area (Å²) in [6, 6.07) is 0.286. The van der Waals surface area contributed by atoms with Gasteiger partial charge < -0.3 is 9.64 Å². The minimum atomic E-state index is 0.237. The summed E-state index contributed by atoms with van der Waals surface area (Å²) in [7, 11) is 4.13. The number of likely N-dealkylation sites (tertiary alicyclic amines) is 1.